The first-order valence-corrected chi connectivity index (χ1v) is 10.8. The van der Waals surface area contributed by atoms with Gasteiger partial charge in [0.25, 0.3) is 0 Å². The summed E-state index contributed by atoms with van der Waals surface area (Å²) >= 11 is 0. The molecule has 0 saturated carbocycles. The van der Waals surface area contributed by atoms with E-state index in [0.717, 1.165) is 22.3 Å². The quantitative estimate of drug-likeness (QED) is 0.425. The third-order valence-electron chi connectivity index (χ3n) is 6.07. The maximum Gasteiger partial charge on any atom is 0.323 e. The van der Waals surface area contributed by atoms with Gasteiger partial charge in [-0.1, -0.05) is 86.6 Å². The first-order chi connectivity index (χ1) is 13.5. The van der Waals surface area contributed by atoms with Crippen LogP contribution in [0.5, 0.6) is 11.5 Å². The Morgan fingerprint density at radius 1 is 0.833 bits per heavy atom. The highest BCUT2D eigenvalue weighted by molar-refractivity contribution is 5.91. The highest BCUT2D eigenvalue weighted by atomic mass is 16.5. The van der Waals surface area contributed by atoms with Gasteiger partial charge in [0.05, 0.1) is 0 Å². The Labute approximate surface area is 181 Å². The van der Waals surface area contributed by atoms with Crippen LogP contribution in [0.2, 0.25) is 0 Å². The second-order valence-electron chi connectivity index (χ2n) is 11.7. The predicted molar refractivity (Wildman–Crippen MR) is 123 cm³/mol. The molecule has 0 radical (unpaired) electrons. The Kier molecular flexibility index (Phi) is 5.13. The molecule has 162 valence electrons. The number of carbonyl (C=O) groups excluding carboxylic acids is 1. The summed E-state index contributed by atoms with van der Waals surface area (Å²) in [4.78, 5) is 13.2. The molecule has 3 heteroatoms. The van der Waals surface area contributed by atoms with Crippen LogP contribution in [-0.2, 0) is 21.0 Å². The third kappa shape index (κ3) is 3.75. The fourth-order valence-electron chi connectivity index (χ4n) is 4.21. The number of hydrogen-bond donors (Lipinski definition) is 1. The van der Waals surface area contributed by atoms with Crippen molar-refractivity contribution >= 4 is 5.97 Å². The minimum absolute atomic E-state index is 0.0738. The summed E-state index contributed by atoms with van der Waals surface area (Å²) in [6, 6.07) is 8.23. The van der Waals surface area contributed by atoms with Crippen LogP contribution in [0.4, 0.5) is 0 Å². The lowest BCUT2D eigenvalue weighted by molar-refractivity contribution is -0.133. The Morgan fingerprint density at radius 2 is 1.40 bits per heavy atom. The number of fused-ring (bicyclic) bond motifs is 1. The molecule has 2 aromatic carbocycles. The lowest BCUT2D eigenvalue weighted by Gasteiger charge is -2.27. The van der Waals surface area contributed by atoms with Crippen LogP contribution in [0.1, 0.15) is 102 Å². The van der Waals surface area contributed by atoms with E-state index in [1.54, 1.807) is 0 Å². The Balaban J connectivity index is 2.35. The molecule has 30 heavy (non-hydrogen) atoms. The van der Waals surface area contributed by atoms with Crippen molar-refractivity contribution in [2.45, 2.75) is 91.4 Å². The van der Waals surface area contributed by atoms with E-state index in [-0.39, 0.29) is 28.0 Å². The lowest BCUT2D eigenvalue weighted by atomic mass is 9.76. The maximum atomic E-state index is 13.2. The molecule has 1 aliphatic rings. The molecular formula is C27H36O3. The van der Waals surface area contributed by atoms with Crippen LogP contribution in [-0.4, -0.2) is 11.1 Å². The Bertz CT molecular complexity index is 1010. The summed E-state index contributed by atoms with van der Waals surface area (Å²) in [6.45, 7) is 21.1. The number of phenolic OH excluding ortho intramolecular Hbond substituents is 1. The molecule has 0 amide bonds. The van der Waals surface area contributed by atoms with E-state index < -0.39 is 5.92 Å². The highest BCUT2D eigenvalue weighted by Gasteiger charge is 2.42. The summed E-state index contributed by atoms with van der Waals surface area (Å²) in [6.07, 6.45) is 0. The molecule has 3 nitrogen and oxygen atoms in total. The van der Waals surface area contributed by atoms with Gasteiger partial charge >= 0.3 is 5.97 Å². The fourth-order valence-corrected chi connectivity index (χ4v) is 4.21. The van der Waals surface area contributed by atoms with E-state index >= 15 is 0 Å². The number of benzene rings is 2. The molecule has 0 fully saturated rings. The van der Waals surface area contributed by atoms with E-state index in [4.69, 9.17) is 4.74 Å². The zero-order chi connectivity index (χ0) is 22.8. The largest absolute Gasteiger partial charge is 0.507 e. The zero-order valence-corrected chi connectivity index (χ0v) is 20.2. The van der Waals surface area contributed by atoms with Crippen molar-refractivity contribution in [3.8, 4) is 11.5 Å². The number of aryl methyl sites for hydroxylation is 1. The molecule has 1 atom stereocenters. The number of esters is 1. The first kappa shape index (κ1) is 22.4. The van der Waals surface area contributed by atoms with Crippen LogP contribution >= 0.6 is 0 Å². The molecule has 0 bridgehead atoms. The van der Waals surface area contributed by atoms with Gasteiger partial charge in [-0.05, 0) is 39.9 Å². The van der Waals surface area contributed by atoms with Gasteiger partial charge in [0.2, 0.25) is 0 Å². The van der Waals surface area contributed by atoms with Gasteiger partial charge in [-0.25, -0.2) is 0 Å². The normalized spacial score (nSPS) is 17.1. The molecule has 1 N–H and O–H groups in total. The van der Waals surface area contributed by atoms with Gasteiger partial charge in [0, 0.05) is 16.7 Å². The summed E-state index contributed by atoms with van der Waals surface area (Å²) < 4.78 is 5.88. The molecule has 0 aromatic heterocycles. The average Bonchev–Trinajstić information content (AvgIpc) is 2.87. The van der Waals surface area contributed by atoms with Crippen LogP contribution in [0, 0.1) is 6.92 Å². The fraction of sp³-hybridized carbons (Fsp3) is 0.519. The second kappa shape index (κ2) is 6.87. The minimum Gasteiger partial charge on any atom is -0.507 e. The molecule has 2 aromatic rings. The van der Waals surface area contributed by atoms with Gasteiger partial charge in [0.1, 0.15) is 17.4 Å². The van der Waals surface area contributed by atoms with E-state index in [1.807, 2.05) is 19.1 Å². The smallest absolute Gasteiger partial charge is 0.323 e. The van der Waals surface area contributed by atoms with Gasteiger partial charge < -0.3 is 9.84 Å². The van der Waals surface area contributed by atoms with Crippen LogP contribution < -0.4 is 4.74 Å². The number of carbonyl (C=O) groups is 1. The van der Waals surface area contributed by atoms with E-state index in [0.29, 0.717) is 11.3 Å². The molecule has 1 aliphatic heterocycles. The van der Waals surface area contributed by atoms with Crippen molar-refractivity contribution in [2.24, 2.45) is 0 Å². The van der Waals surface area contributed by atoms with Crippen molar-refractivity contribution < 1.29 is 14.6 Å². The molecule has 1 unspecified atom stereocenters. The number of phenols is 1. The van der Waals surface area contributed by atoms with Crippen LogP contribution in [0.15, 0.2) is 24.3 Å². The number of ether oxygens (including phenoxy) is 1. The topological polar surface area (TPSA) is 46.5 Å². The maximum absolute atomic E-state index is 13.2. The third-order valence-corrected chi connectivity index (χ3v) is 6.07. The molecule has 0 spiro atoms. The number of hydrogen-bond acceptors (Lipinski definition) is 3. The number of aromatic hydroxyl groups is 1. The van der Waals surface area contributed by atoms with Gasteiger partial charge in [-0.2, -0.15) is 0 Å². The Morgan fingerprint density at radius 3 is 1.90 bits per heavy atom. The van der Waals surface area contributed by atoms with E-state index in [9.17, 15) is 9.90 Å². The first-order valence-electron chi connectivity index (χ1n) is 10.8. The van der Waals surface area contributed by atoms with Crippen LogP contribution in [0.25, 0.3) is 0 Å². The summed E-state index contributed by atoms with van der Waals surface area (Å²) in [5.74, 6) is -0.0713. The van der Waals surface area contributed by atoms with Gasteiger partial charge in [0.15, 0.2) is 0 Å². The van der Waals surface area contributed by atoms with Gasteiger partial charge in [-0.3, -0.25) is 4.79 Å². The molecule has 0 aliphatic carbocycles. The van der Waals surface area contributed by atoms with Crippen molar-refractivity contribution in [1.29, 1.82) is 0 Å². The van der Waals surface area contributed by atoms with Crippen molar-refractivity contribution in [1.82, 2.24) is 0 Å². The molecule has 1 heterocycles. The van der Waals surface area contributed by atoms with Crippen molar-refractivity contribution in [2.75, 3.05) is 0 Å². The SMILES string of the molecule is Cc1ccc(C(C)(C)C)c(O)c1C1C(=O)Oc2c1cc(C(C)(C)C)cc2C(C)(C)C. The zero-order valence-electron chi connectivity index (χ0n) is 20.2. The van der Waals surface area contributed by atoms with E-state index in [2.05, 4.69) is 74.4 Å². The number of rotatable bonds is 1. The average molecular weight is 409 g/mol. The second-order valence-corrected chi connectivity index (χ2v) is 11.7. The summed E-state index contributed by atoms with van der Waals surface area (Å²) in [5.41, 5.74) is 4.98. The summed E-state index contributed by atoms with van der Waals surface area (Å²) in [7, 11) is 0. The van der Waals surface area contributed by atoms with Gasteiger partial charge in [-0.15, -0.1) is 0 Å². The highest BCUT2D eigenvalue weighted by Crippen LogP contribution is 2.50. The van der Waals surface area contributed by atoms with E-state index in [1.165, 1.54) is 5.56 Å². The molecular weight excluding hydrogens is 372 g/mol. The summed E-state index contributed by atoms with van der Waals surface area (Å²) in [5, 5.41) is 11.3. The standard InChI is InChI=1S/C27H36O3/c1-15-11-12-18(26(5,6)7)22(28)20(15)21-17-13-16(25(2,3)4)14-19(27(8,9)10)23(17)30-24(21)29/h11-14,21,28H,1-10H3. The predicted octanol–water partition coefficient (Wildman–Crippen LogP) is 6.64. The monoisotopic (exact) mass is 408 g/mol. The lowest BCUT2D eigenvalue weighted by Crippen LogP contribution is -2.18. The Hall–Kier alpha value is -2.29. The van der Waals surface area contributed by atoms with Crippen LogP contribution in [0.3, 0.4) is 0 Å². The van der Waals surface area contributed by atoms with Crippen molar-refractivity contribution in [3.63, 3.8) is 0 Å². The minimum atomic E-state index is -0.620. The van der Waals surface area contributed by atoms with Crippen molar-refractivity contribution in [3.05, 3.63) is 57.6 Å². The molecule has 3 rings (SSSR count). The molecule has 0 saturated heterocycles.